The maximum atomic E-state index is 11.6. The molecular weight excluding hydrogens is 234 g/mol. The number of hydrogen-bond acceptors (Lipinski definition) is 1. The van der Waals surface area contributed by atoms with Crippen LogP contribution >= 0.6 is 0 Å². The Labute approximate surface area is 117 Å². The van der Waals surface area contributed by atoms with Crippen molar-refractivity contribution in [3.8, 4) is 0 Å². The van der Waals surface area contributed by atoms with Gasteiger partial charge in [-0.3, -0.25) is 4.79 Å². The van der Waals surface area contributed by atoms with Gasteiger partial charge in [-0.15, -0.1) is 0 Å². The van der Waals surface area contributed by atoms with E-state index in [2.05, 4.69) is 32.1 Å². The molecule has 106 valence electrons. The molecule has 0 bridgehead atoms. The highest BCUT2D eigenvalue weighted by atomic mass is 16.2. The van der Waals surface area contributed by atoms with Gasteiger partial charge in [-0.25, -0.2) is 0 Å². The molecule has 0 aromatic heterocycles. The van der Waals surface area contributed by atoms with E-state index >= 15 is 0 Å². The van der Waals surface area contributed by atoms with Crippen molar-refractivity contribution in [2.24, 2.45) is 17.8 Å². The van der Waals surface area contributed by atoms with Gasteiger partial charge in [-0.05, 0) is 50.4 Å². The molecule has 1 amide bonds. The van der Waals surface area contributed by atoms with Crippen molar-refractivity contribution >= 4 is 5.91 Å². The second-order valence-electron chi connectivity index (χ2n) is 6.37. The van der Waals surface area contributed by atoms with Gasteiger partial charge in [-0.2, -0.15) is 0 Å². The topological polar surface area (TPSA) is 20.3 Å². The third-order valence-electron chi connectivity index (χ3n) is 4.42. The molecule has 1 saturated carbocycles. The molecule has 0 aromatic rings. The van der Waals surface area contributed by atoms with Gasteiger partial charge in [-0.1, -0.05) is 30.7 Å². The molecule has 0 heterocycles. The normalized spacial score (nSPS) is 27.4. The Bertz CT molecular complexity index is 379. The third-order valence-corrected chi connectivity index (χ3v) is 4.42. The highest BCUT2D eigenvalue weighted by Gasteiger charge is 2.25. The minimum absolute atomic E-state index is 0.212. The van der Waals surface area contributed by atoms with Crippen LogP contribution in [0.2, 0.25) is 0 Å². The Morgan fingerprint density at radius 3 is 2.74 bits per heavy atom. The lowest BCUT2D eigenvalue weighted by Gasteiger charge is -2.25. The van der Waals surface area contributed by atoms with E-state index in [0.717, 1.165) is 19.0 Å². The molecule has 1 fully saturated rings. The Morgan fingerprint density at radius 1 is 1.42 bits per heavy atom. The zero-order chi connectivity index (χ0) is 13.8. The Balaban J connectivity index is 1.82. The lowest BCUT2D eigenvalue weighted by Crippen LogP contribution is -2.31. The van der Waals surface area contributed by atoms with Crippen molar-refractivity contribution in [1.29, 1.82) is 0 Å². The fraction of sp³-hybridized carbons (Fsp3) is 0.706. The Morgan fingerprint density at radius 2 is 2.16 bits per heavy atom. The molecule has 2 heteroatoms. The van der Waals surface area contributed by atoms with Crippen molar-refractivity contribution < 1.29 is 4.79 Å². The lowest BCUT2D eigenvalue weighted by molar-refractivity contribution is -0.128. The predicted molar refractivity (Wildman–Crippen MR) is 79.8 cm³/mol. The van der Waals surface area contributed by atoms with Crippen LogP contribution in [0.1, 0.15) is 46.5 Å². The molecule has 0 radical (unpaired) electrons. The maximum absolute atomic E-state index is 11.6. The second-order valence-corrected chi connectivity index (χ2v) is 6.37. The van der Waals surface area contributed by atoms with Crippen LogP contribution in [0.25, 0.3) is 0 Å². The summed E-state index contributed by atoms with van der Waals surface area (Å²) in [6.07, 6.45) is 12.0. The summed E-state index contributed by atoms with van der Waals surface area (Å²) >= 11 is 0. The first-order valence-corrected chi connectivity index (χ1v) is 7.65. The van der Waals surface area contributed by atoms with Gasteiger partial charge in [0.15, 0.2) is 0 Å². The van der Waals surface area contributed by atoms with Crippen LogP contribution in [0, 0.1) is 17.8 Å². The molecule has 2 aliphatic carbocycles. The number of nitrogens with zero attached hydrogens (tertiary/aromatic N) is 1. The predicted octanol–water partition coefficient (Wildman–Crippen LogP) is 3.79. The molecule has 2 unspecified atom stereocenters. The SMILES string of the molecule is CC(=O)N(C/C=C\C1CCC(C)=CC1C)CC1CC1. The summed E-state index contributed by atoms with van der Waals surface area (Å²) in [7, 11) is 0. The summed E-state index contributed by atoms with van der Waals surface area (Å²) in [4.78, 5) is 13.6. The largest absolute Gasteiger partial charge is 0.339 e. The zero-order valence-electron chi connectivity index (χ0n) is 12.6. The summed E-state index contributed by atoms with van der Waals surface area (Å²) < 4.78 is 0. The molecular formula is C17H27NO. The first-order valence-electron chi connectivity index (χ1n) is 7.65. The molecule has 0 spiro atoms. The van der Waals surface area contributed by atoms with Crippen molar-refractivity contribution in [2.75, 3.05) is 13.1 Å². The van der Waals surface area contributed by atoms with Gasteiger partial charge < -0.3 is 4.90 Å². The van der Waals surface area contributed by atoms with E-state index in [-0.39, 0.29) is 5.91 Å². The van der Waals surface area contributed by atoms with Crippen molar-refractivity contribution in [3.63, 3.8) is 0 Å². The van der Waals surface area contributed by atoms with Gasteiger partial charge in [0.05, 0.1) is 0 Å². The molecule has 0 N–H and O–H groups in total. The number of hydrogen-bond donors (Lipinski definition) is 0. The molecule has 2 rings (SSSR count). The van der Waals surface area contributed by atoms with Crippen LogP contribution in [-0.2, 0) is 4.79 Å². The summed E-state index contributed by atoms with van der Waals surface area (Å²) in [6.45, 7) is 7.95. The zero-order valence-corrected chi connectivity index (χ0v) is 12.6. The van der Waals surface area contributed by atoms with Crippen molar-refractivity contribution in [3.05, 3.63) is 23.8 Å². The number of amides is 1. The number of carbonyl (C=O) groups excluding carboxylic acids is 1. The quantitative estimate of drug-likeness (QED) is 0.689. The average molecular weight is 261 g/mol. The molecule has 0 aliphatic heterocycles. The fourth-order valence-electron chi connectivity index (χ4n) is 2.89. The second kappa shape index (κ2) is 6.40. The summed E-state index contributed by atoms with van der Waals surface area (Å²) in [5, 5.41) is 0. The highest BCUT2D eigenvalue weighted by molar-refractivity contribution is 5.73. The van der Waals surface area contributed by atoms with Crippen LogP contribution < -0.4 is 0 Å². The van der Waals surface area contributed by atoms with E-state index in [0.29, 0.717) is 11.8 Å². The third kappa shape index (κ3) is 4.52. The standard InChI is InChI=1S/C17H27NO/c1-13-6-9-17(14(2)11-13)5-4-10-18(15(3)19)12-16-7-8-16/h4-5,11,14,16-17H,6-10,12H2,1-3H3/b5-4-. The summed E-state index contributed by atoms with van der Waals surface area (Å²) in [5.41, 5.74) is 1.52. The first kappa shape index (κ1) is 14.4. The van der Waals surface area contributed by atoms with E-state index in [9.17, 15) is 4.79 Å². The van der Waals surface area contributed by atoms with Crippen molar-refractivity contribution in [2.45, 2.75) is 46.5 Å². The average Bonchev–Trinajstić information content (AvgIpc) is 3.14. The first-order chi connectivity index (χ1) is 9.06. The van der Waals surface area contributed by atoms with E-state index in [4.69, 9.17) is 0 Å². The van der Waals surface area contributed by atoms with Crippen LogP contribution in [0.4, 0.5) is 0 Å². The van der Waals surface area contributed by atoms with Crippen LogP contribution in [0.3, 0.4) is 0 Å². The van der Waals surface area contributed by atoms with Crippen molar-refractivity contribution in [1.82, 2.24) is 4.90 Å². The van der Waals surface area contributed by atoms with Gasteiger partial charge in [0, 0.05) is 20.0 Å². The van der Waals surface area contributed by atoms with Crippen LogP contribution in [-0.4, -0.2) is 23.9 Å². The van der Waals surface area contributed by atoms with E-state index in [1.807, 2.05) is 4.90 Å². The molecule has 2 aliphatic rings. The van der Waals surface area contributed by atoms with Gasteiger partial charge >= 0.3 is 0 Å². The minimum Gasteiger partial charge on any atom is -0.339 e. The minimum atomic E-state index is 0.212. The monoisotopic (exact) mass is 261 g/mol. The smallest absolute Gasteiger partial charge is 0.219 e. The lowest BCUT2D eigenvalue weighted by atomic mass is 9.82. The van der Waals surface area contributed by atoms with Gasteiger partial charge in [0.25, 0.3) is 0 Å². The number of rotatable bonds is 5. The van der Waals surface area contributed by atoms with Crippen LogP contribution in [0.15, 0.2) is 23.8 Å². The fourth-order valence-corrected chi connectivity index (χ4v) is 2.89. The Hall–Kier alpha value is -1.05. The molecule has 2 nitrogen and oxygen atoms in total. The van der Waals surface area contributed by atoms with E-state index in [1.54, 1.807) is 6.92 Å². The summed E-state index contributed by atoms with van der Waals surface area (Å²) in [5.74, 6) is 2.28. The molecule has 0 aromatic carbocycles. The van der Waals surface area contributed by atoms with Crippen LogP contribution in [0.5, 0.6) is 0 Å². The van der Waals surface area contributed by atoms with Gasteiger partial charge in [0.1, 0.15) is 0 Å². The number of carbonyl (C=O) groups is 1. The van der Waals surface area contributed by atoms with E-state index in [1.165, 1.54) is 31.3 Å². The molecule has 19 heavy (non-hydrogen) atoms. The molecule has 0 saturated heterocycles. The highest BCUT2D eigenvalue weighted by Crippen LogP contribution is 2.30. The van der Waals surface area contributed by atoms with E-state index < -0.39 is 0 Å². The maximum Gasteiger partial charge on any atom is 0.219 e. The molecule has 2 atom stereocenters. The summed E-state index contributed by atoms with van der Waals surface area (Å²) in [6, 6.07) is 0. The Kier molecular flexibility index (Phi) is 4.84. The number of allylic oxidation sites excluding steroid dienone is 3. The van der Waals surface area contributed by atoms with Gasteiger partial charge in [0.2, 0.25) is 5.91 Å².